The molecular weight excluding hydrogens is 248 g/mol. The first-order valence-electron chi connectivity index (χ1n) is 6.21. The van der Waals surface area contributed by atoms with Crippen LogP contribution in [0.4, 0.5) is 0 Å². The number of hydrogen-bond acceptors (Lipinski definition) is 3. The third kappa shape index (κ3) is 2.08. The van der Waals surface area contributed by atoms with Gasteiger partial charge in [-0.3, -0.25) is 0 Å². The van der Waals surface area contributed by atoms with E-state index in [0.29, 0.717) is 12.8 Å². The van der Waals surface area contributed by atoms with Crippen molar-refractivity contribution in [2.45, 2.75) is 31.8 Å². The lowest BCUT2D eigenvalue weighted by Gasteiger charge is -2.25. The molecule has 1 heterocycles. The van der Waals surface area contributed by atoms with Gasteiger partial charge in [-0.1, -0.05) is 25.1 Å². The predicted octanol–water partition coefficient (Wildman–Crippen LogP) is 2.36. The minimum Gasteiger partial charge on any atom is -0.479 e. The summed E-state index contributed by atoms with van der Waals surface area (Å²) in [7, 11) is 0. The van der Waals surface area contributed by atoms with Crippen molar-refractivity contribution < 1.29 is 4.74 Å². The molecule has 2 N–H and O–H groups in total. The largest absolute Gasteiger partial charge is 0.479 e. The molecule has 0 saturated heterocycles. The molecule has 0 radical (unpaired) electrons. The second-order valence-corrected chi connectivity index (χ2v) is 4.78. The van der Waals surface area contributed by atoms with E-state index in [4.69, 9.17) is 10.5 Å². The molecule has 18 heavy (non-hydrogen) atoms. The Hall–Kier alpha value is -1.19. The van der Waals surface area contributed by atoms with Crippen molar-refractivity contribution in [2.24, 2.45) is 5.73 Å². The Balaban J connectivity index is 0.00000120. The van der Waals surface area contributed by atoms with Gasteiger partial charge in [-0.05, 0) is 29.5 Å². The first-order valence-corrected chi connectivity index (χ1v) is 6.21. The van der Waals surface area contributed by atoms with Crippen LogP contribution in [0.3, 0.4) is 0 Å². The van der Waals surface area contributed by atoms with Crippen molar-refractivity contribution in [3.63, 3.8) is 0 Å². The molecule has 0 spiro atoms. The Morgan fingerprint density at radius 1 is 1.44 bits per heavy atom. The molecule has 3 rings (SSSR count). The molecule has 2 unspecified atom stereocenters. The third-order valence-corrected chi connectivity index (χ3v) is 3.82. The van der Waals surface area contributed by atoms with Gasteiger partial charge in [0.1, 0.15) is 6.26 Å². The zero-order valence-electron chi connectivity index (χ0n) is 10.5. The number of halogens is 1. The number of nitrogens with two attached hydrogens (primary N) is 1. The Morgan fingerprint density at radius 3 is 2.94 bits per heavy atom. The SMILES string of the molecule is CCc1ccc2c(c1)CC(N1C=COC1)C2N.Cl. The molecule has 2 aliphatic rings. The summed E-state index contributed by atoms with van der Waals surface area (Å²) in [5, 5.41) is 0. The van der Waals surface area contributed by atoms with Crippen molar-refractivity contribution in [3.8, 4) is 0 Å². The molecule has 0 fully saturated rings. The third-order valence-electron chi connectivity index (χ3n) is 3.82. The normalized spacial score (nSPS) is 24.7. The fraction of sp³-hybridized carbons (Fsp3) is 0.429. The number of hydrogen-bond donors (Lipinski definition) is 1. The molecule has 0 aromatic heterocycles. The molecule has 0 amide bonds. The first kappa shape index (κ1) is 13.2. The Morgan fingerprint density at radius 2 is 2.28 bits per heavy atom. The van der Waals surface area contributed by atoms with E-state index in [1.54, 1.807) is 6.26 Å². The summed E-state index contributed by atoms with van der Waals surface area (Å²) in [5.41, 5.74) is 10.4. The smallest absolute Gasteiger partial charge is 0.160 e. The summed E-state index contributed by atoms with van der Waals surface area (Å²) in [5.74, 6) is 0. The lowest BCUT2D eigenvalue weighted by Crippen LogP contribution is -2.36. The van der Waals surface area contributed by atoms with Gasteiger partial charge in [0, 0.05) is 6.20 Å². The van der Waals surface area contributed by atoms with Crippen LogP contribution in [-0.2, 0) is 17.6 Å². The van der Waals surface area contributed by atoms with E-state index >= 15 is 0 Å². The maximum Gasteiger partial charge on any atom is 0.160 e. The summed E-state index contributed by atoms with van der Waals surface area (Å²) >= 11 is 0. The van der Waals surface area contributed by atoms with Crippen molar-refractivity contribution in [1.29, 1.82) is 0 Å². The maximum absolute atomic E-state index is 6.33. The minimum atomic E-state index is 0. The number of ether oxygens (including phenoxy) is 1. The lowest BCUT2D eigenvalue weighted by molar-refractivity contribution is 0.129. The van der Waals surface area contributed by atoms with Gasteiger partial charge >= 0.3 is 0 Å². The highest BCUT2D eigenvalue weighted by Crippen LogP contribution is 2.34. The summed E-state index contributed by atoms with van der Waals surface area (Å²) in [6, 6.07) is 7.13. The van der Waals surface area contributed by atoms with E-state index in [1.165, 1.54) is 16.7 Å². The molecule has 98 valence electrons. The van der Waals surface area contributed by atoms with E-state index in [9.17, 15) is 0 Å². The van der Waals surface area contributed by atoms with Gasteiger partial charge in [-0.15, -0.1) is 12.4 Å². The molecule has 1 aromatic rings. The quantitative estimate of drug-likeness (QED) is 0.893. The summed E-state index contributed by atoms with van der Waals surface area (Å²) in [4.78, 5) is 2.19. The first-order chi connectivity index (χ1) is 8.29. The fourth-order valence-electron chi connectivity index (χ4n) is 2.76. The number of fused-ring (bicyclic) bond motifs is 1. The standard InChI is InChI=1S/C14H18N2O.ClH/c1-2-10-3-4-12-11(7-10)8-13(14(12)15)16-5-6-17-9-16;/h3-7,13-14H,2,8-9,15H2,1H3;1H. The van der Waals surface area contributed by atoms with Crippen LogP contribution in [0.5, 0.6) is 0 Å². The molecule has 0 bridgehead atoms. The van der Waals surface area contributed by atoms with Crippen LogP contribution in [0.1, 0.15) is 29.7 Å². The Labute approximate surface area is 114 Å². The molecule has 4 heteroatoms. The van der Waals surface area contributed by atoms with Crippen molar-refractivity contribution in [2.75, 3.05) is 6.73 Å². The second kappa shape index (κ2) is 5.21. The zero-order chi connectivity index (χ0) is 11.8. The number of nitrogens with zero attached hydrogens (tertiary/aromatic N) is 1. The highest BCUT2D eigenvalue weighted by atomic mass is 35.5. The monoisotopic (exact) mass is 266 g/mol. The average molecular weight is 267 g/mol. The maximum atomic E-state index is 6.33. The van der Waals surface area contributed by atoms with Gasteiger partial charge in [-0.25, -0.2) is 0 Å². The highest BCUT2D eigenvalue weighted by molar-refractivity contribution is 5.85. The van der Waals surface area contributed by atoms with E-state index in [-0.39, 0.29) is 18.4 Å². The molecule has 1 aliphatic heterocycles. The van der Waals surface area contributed by atoms with Crippen LogP contribution < -0.4 is 5.73 Å². The van der Waals surface area contributed by atoms with Gasteiger partial charge in [0.05, 0.1) is 12.1 Å². The zero-order valence-corrected chi connectivity index (χ0v) is 11.3. The Kier molecular flexibility index (Phi) is 3.83. The van der Waals surface area contributed by atoms with Gasteiger partial charge in [-0.2, -0.15) is 0 Å². The second-order valence-electron chi connectivity index (χ2n) is 4.78. The Bertz CT molecular complexity index is 461. The van der Waals surface area contributed by atoms with Gasteiger partial charge in [0.25, 0.3) is 0 Å². The van der Waals surface area contributed by atoms with Crippen LogP contribution in [0.25, 0.3) is 0 Å². The molecular formula is C14H19ClN2O. The molecule has 0 saturated carbocycles. The van der Waals surface area contributed by atoms with Crippen LogP contribution in [-0.4, -0.2) is 17.7 Å². The molecule has 1 aromatic carbocycles. The van der Waals surface area contributed by atoms with Crippen molar-refractivity contribution in [3.05, 3.63) is 47.4 Å². The van der Waals surface area contributed by atoms with Crippen molar-refractivity contribution in [1.82, 2.24) is 4.90 Å². The minimum absolute atomic E-state index is 0. The van der Waals surface area contributed by atoms with Crippen LogP contribution >= 0.6 is 12.4 Å². The van der Waals surface area contributed by atoms with Crippen molar-refractivity contribution >= 4 is 12.4 Å². The predicted molar refractivity (Wildman–Crippen MR) is 74.4 cm³/mol. The van der Waals surface area contributed by atoms with E-state index in [0.717, 1.165) is 12.8 Å². The molecule has 3 nitrogen and oxygen atoms in total. The van der Waals surface area contributed by atoms with Crippen LogP contribution in [0, 0.1) is 0 Å². The van der Waals surface area contributed by atoms with Gasteiger partial charge < -0.3 is 15.4 Å². The molecule has 1 aliphatic carbocycles. The number of aryl methyl sites for hydroxylation is 1. The summed E-state index contributed by atoms with van der Waals surface area (Å²) in [6.45, 7) is 2.82. The average Bonchev–Trinajstić information content (AvgIpc) is 2.97. The van der Waals surface area contributed by atoms with Gasteiger partial charge in [0.15, 0.2) is 6.73 Å². The summed E-state index contributed by atoms with van der Waals surface area (Å²) in [6.07, 6.45) is 5.85. The lowest BCUT2D eigenvalue weighted by atomic mass is 10.0. The topological polar surface area (TPSA) is 38.5 Å². The number of rotatable bonds is 2. The molecule has 2 atom stereocenters. The van der Waals surface area contributed by atoms with E-state index < -0.39 is 0 Å². The summed E-state index contributed by atoms with van der Waals surface area (Å²) < 4.78 is 5.25. The van der Waals surface area contributed by atoms with Crippen LogP contribution in [0.2, 0.25) is 0 Å². The van der Waals surface area contributed by atoms with Gasteiger partial charge in [0.2, 0.25) is 0 Å². The van der Waals surface area contributed by atoms with Crippen LogP contribution in [0.15, 0.2) is 30.7 Å². The highest BCUT2D eigenvalue weighted by Gasteiger charge is 2.33. The fourth-order valence-corrected chi connectivity index (χ4v) is 2.76. The van der Waals surface area contributed by atoms with E-state index in [1.807, 2.05) is 6.20 Å². The van der Waals surface area contributed by atoms with E-state index in [2.05, 4.69) is 30.0 Å². The number of benzene rings is 1.